The molecule has 0 radical (unpaired) electrons. The summed E-state index contributed by atoms with van der Waals surface area (Å²) in [7, 11) is 0. The van der Waals surface area contributed by atoms with Crippen molar-refractivity contribution < 1.29 is 15.3 Å². The van der Waals surface area contributed by atoms with Crippen LogP contribution in [0.5, 0.6) is 5.75 Å². The molecule has 0 heterocycles. The topological polar surface area (TPSA) is 84.8 Å². The van der Waals surface area contributed by atoms with Crippen molar-refractivity contribution in [2.24, 2.45) is 0 Å². The molecule has 1 rings (SSSR count). The SMILES string of the molecule is CCCCCCCCC(O)CNc1cccc(O)c1NCC(O)CCCCCCCC. The van der Waals surface area contributed by atoms with Crippen molar-refractivity contribution in [3.05, 3.63) is 18.2 Å². The lowest BCUT2D eigenvalue weighted by Crippen LogP contribution is -2.22. The highest BCUT2D eigenvalue weighted by Crippen LogP contribution is 2.31. The Balaban J connectivity index is 2.33. The number of hydrogen-bond donors (Lipinski definition) is 5. The molecule has 31 heavy (non-hydrogen) atoms. The summed E-state index contributed by atoms with van der Waals surface area (Å²) in [5, 5.41) is 37.3. The zero-order valence-electron chi connectivity index (χ0n) is 20.0. The van der Waals surface area contributed by atoms with Crippen LogP contribution in [-0.2, 0) is 0 Å². The number of aliphatic hydroxyl groups is 2. The summed E-state index contributed by atoms with van der Waals surface area (Å²) in [5.41, 5.74) is 1.35. The van der Waals surface area contributed by atoms with Gasteiger partial charge in [0, 0.05) is 13.1 Å². The molecule has 0 amide bonds. The molecule has 0 aliphatic carbocycles. The fraction of sp³-hybridized carbons (Fsp3) is 0.769. The molecule has 0 fully saturated rings. The lowest BCUT2D eigenvalue weighted by Gasteiger charge is -2.19. The normalized spacial score (nSPS) is 13.2. The molecule has 1 aromatic carbocycles. The molecule has 5 nitrogen and oxygen atoms in total. The molecule has 2 unspecified atom stereocenters. The van der Waals surface area contributed by atoms with E-state index >= 15 is 0 Å². The largest absolute Gasteiger partial charge is 0.506 e. The summed E-state index contributed by atoms with van der Waals surface area (Å²) in [6.07, 6.45) is 15.3. The maximum atomic E-state index is 10.3. The molecule has 0 aliphatic heterocycles. The van der Waals surface area contributed by atoms with Crippen molar-refractivity contribution in [2.75, 3.05) is 23.7 Å². The summed E-state index contributed by atoms with van der Waals surface area (Å²) in [6.45, 7) is 5.29. The van der Waals surface area contributed by atoms with E-state index < -0.39 is 12.2 Å². The van der Waals surface area contributed by atoms with E-state index in [2.05, 4.69) is 24.5 Å². The molecule has 180 valence electrons. The Hall–Kier alpha value is -1.46. The van der Waals surface area contributed by atoms with Crippen LogP contribution in [0, 0.1) is 0 Å². The highest BCUT2D eigenvalue weighted by molar-refractivity contribution is 5.75. The van der Waals surface area contributed by atoms with Gasteiger partial charge >= 0.3 is 0 Å². The Kier molecular flexibility index (Phi) is 16.1. The number of para-hydroxylation sites is 1. The number of rotatable bonds is 20. The first kappa shape index (κ1) is 27.6. The molecule has 5 heteroatoms. The third kappa shape index (κ3) is 13.5. The van der Waals surface area contributed by atoms with Gasteiger partial charge in [-0.15, -0.1) is 0 Å². The van der Waals surface area contributed by atoms with E-state index in [0.29, 0.717) is 18.8 Å². The average Bonchev–Trinajstić information content (AvgIpc) is 2.76. The standard InChI is InChI=1S/C26H48N2O3/c1-3-5-7-9-11-13-16-22(29)20-27-24-18-15-19-25(31)26(24)28-21-23(30)17-14-12-10-8-6-4-2/h15,18-19,22-23,27-31H,3-14,16-17,20-21H2,1-2H3. The summed E-state index contributed by atoms with van der Waals surface area (Å²) in [6, 6.07) is 5.32. The summed E-state index contributed by atoms with van der Waals surface area (Å²) in [4.78, 5) is 0. The fourth-order valence-corrected chi connectivity index (χ4v) is 3.85. The van der Waals surface area contributed by atoms with Crippen LogP contribution in [0.3, 0.4) is 0 Å². The monoisotopic (exact) mass is 436 g/mol. The van der Waals surface area contributed by atoms with Crippen molar-refractivity contribution in [2.45, 2.75) is 116 Å². The summed E-state index contributed by atoms with van der Waals surface area (Å²) >= 11 is 0. The van der Waals surface area contributed by atoms with Crippen LogP contribution in [0.1, 0.15) is 104 Å². The maximum absolute atomic E-state index is 10.3. The quantitative estimate of drug-likeness (QED) is 0.120. The first-order chi connectivity index (χ1) is 15.1. The number of benzene rings is 1. The minimum Gasteiger partial charge on any atom is -0.506 e. The summed E-state index contributed by atoms with van der Waals surface area (Å²) < 4.78 is 0. The van der Waals surface area contributed by atoms with Crippen LogP contribution in [0.2, 0.25) is 0 Å². The highest BCUT2D eigenvalue weighted by atomic mass is 16.3. The van der Waals surface area contributed by atoms with Gasteiger partial charge in [0.15, 0.2) is 0 Å². The molecule has 5 N–H and O–H groups in total. The second-order valence-electron chi connectivity index (χ2n) is 8.88. The number of phenols is 1. The van der Waals surface area contributed by atoms with E-state index in [4.69, 9.17) is 0 Å². The molecule has 0 aromatic heterocycles. The van der Waals surface area contributed by atoms with E-state index in [9.17, 15) is 15.3 Å². The van der Waals surface area contributed by atoms with Crippen LogP contribution >= 0.6 is 0 Å². The van der Waals surface area contributed by atoms with E-state index in [1.165, 1.54) is 57.8 Å². The Morgan fingerprint density at radius 3 is 1.71 bits per heavy atom. The zero-order chi connectivity index (χ0) is 22.7. The third-order valence-electron chi connectivity index (χ3n) is 5.87. The van der Waals surface area contributed by atoms with Crippen LogP contribution in [0.15, 0.2) is 18.2 Å². The molecule has 0 saturated carbocycles. The van der Waals surface area contributed by atoms with Gasteiger partial charge in [0.25, 0.3) is 0 Å². The third-order valence-corrected chi connectivity index (χ3v) is 5.87. The number of nitrogens with one attached hydrogen (secondary N) is 2. The van der Waals surface area contributed by atoms with Gasteiger partial charge in [-0.3, -0.25) is 0 Å². The number of anilines is 2. The smallest absolute Gasteiger partial charge is 0.140 e. The fourth-order valence-electron chi connectivity index (χ4n) is 3.85. The first-order valence-electron chi connectivity index (χ1n) is 12.7. The van der Waals surface area contributed by atoms with Crippen LogP contribution < -0.4 is 10.6 Å². The Labute approximate surface area is 190 Å². The first-order valence-corrected chi connectivity index (χ1v) is 12.7. The van der Waals surface area contributed by atoms with E-state index in [1.54, 1.807) is 12.1 Å². The lowest BCUT2D eigenvalue weighted by molar-refractivity contribution is 0.172. The Bertz CT molecular complexity index is 553. The van der Waals surface area contributed by atoms with Gasteiger partial charge in [-0.1, -0.05) is 97.0 Å². The number of hydrogen-bond acceptors (Lipinski definition) is 5. The van der Waals surface area contributed by atoms with Crippen molar-refractivity contribution in [1.82, 2.24) is 0 Å². The summed E-state index contributed by atoms with van der Waals surface area (Å²) in [5.74, 6) is 0.155. The molecule has 0 aliphatic rings. The maximum Gasteiger partial charge on any atom is 0.140 e. The van der Waals surface area contributed by atoms with E-state index in [0.717, 1.165) is 37.8 Å². The van der Waals surface area contributed by atoms with Crippen LogP contribution in [-0.4, -0.2) is 40.6 Å². The molecule has 0 spiro atoms. The van der Waals surface area contributed by atoms with Gasteiger partial charge in [0.1, 0.15) is 11.4 Å². The second-order valence-corrected chi connectivity index (χ2v) is 8.88. The molecule has 0 saturated heterocycles. The zero-order valence-corrected chi connectivity index (χ0v) is 20.0. The predicted octanol–water partition coefficient (Wildman–Crippen LogP) is 6.44. The number of aliphatic hydroxyl groups excluding tert-OH is 2. The van der Waals surface area contributed by atoms with Crippen molar-refractivity contribution in [1.29, 1.82) is 0 Å². The van der Waals surface area contributed by atoms with E-state index in [-0.39, 0.29) is 5.75 Å². The Morgan fingerprint density at radius 2 is 1.16 bits per heavy atom. The van der Waals surface area contributed by atoms with Gasteiger partial charge in [-0.05, 0) is 25.0 Å². The molecule has 2 atom stereocenters. The van der Waals surface area contributed by atoms with Crippen LogP contribution in [0.4, 0.5) is 11.4 Å². The van der Waals surface area contributed by atoms with Gasteiger partial charge in [-0.2, -0.15) is 0 Å². The molecule has 1 aromatic rings. The minimum atomic E-state index is -0.433. The number of aromatic hydroxyl groups is 1. The van der Waals surface area contributed by atoms with Gasteiger partial charge in [0.05, 0.1) is 17.9 Å². The number of phenolic OH excluding ortho intramolecular Hbond substituents is 1. The number of unbranched alkanes of at least 4 members (excludes halogenated alkanes) is 10. The molecular weight excluding hydrogens is 388 g/mol. The second kappa shape index (κ2) is 18.1. The average molecular weight is 437 g/mol. The van der Waals surface area contributed by atoms with Crippen molar-refractivity contribution >= 4 is 11.4 Å². The van der Waals surface area contributed by atoms with Crippen LogP contribution in [0.25, 0.3) is 0 Å². The molecular formula is C26H48N2O3. The van der Waals surface area contributed by atoms with Gasteiger partial charge in [0.2, 0.25) is 0 Å². The minimum absolute atomic E-state index is 0.155. The van der Waals surface area contributed by atoms with Crippen molar-refractivity contribution in [3.63, 3.8) is 0 Å². The van der Waals surface area contributed by atoms with Gasteiger partial charge in [-0.25, -0.2) is 0 Å². The lowest BCUT2D eigenvalue weighted by atomic mass is 10.1. The van der Waals surface area contributed by atoms with E-state index in [1.807, 2.05) is 6.07 Å². The Morgan fingerprint density at radius 1 is 0.677 bits per heavy atom. The highest BCUT2D eigenvalue weighted by Gasteiger charge is 2.12. The van der Waals surface area contributed by atoms with Gasteiger partial charge < -0.3 is 26.0 Å². The predicted molar refractivity (Wildman–Crippen MR) is 133 cm³/mol. The molecule has 0 bridgehead atoms. The van der Waals surface area contributed by atoms with Crippen molar-refractivity contribution in [3.8, 4) is 5.75 Å².